The third kappa shape index (κ3) is 4.73. The summed E-state index contributed by atoms with van der Waals surface area (Å²) >= 11 is 0. The molecule has 1 aliphatic rings. The van der Waals surface area contributed by atoms with Gasteiger partial charge in [0, 0.05) is 31.2 Å². The van der Waals surface area contributed by atoms with Crippen molar-refractivity contribution in [3.05, 3.63) is 65.0 Å². The van der Waals surface area contributed by atoms with Gasteiger partial charge in [-0.05, 0) is 44.4 Å². The lowest BCUT2D eigenvalue weighted by molar-refractivity contribution is -0.131. The molecule has 1 aliphatic heterocycles. The molecule has 0 spiro atoms. The third-order valence-electron chi connectivity index (χ3n) is 5.08. The molecule has 0 radical (unpaired) electrons. The molecular formula is C22H27N3O2. The van der Waals surface area contributed by atoms with Gasteiger partial charge in [-0.2, -0.15) is 0 Å². The van der Waals surface area contributed by atoms with Crippen molar-refractivity contribution >= 4 is 11.8 Å². The van der Waals surface area contributed by atoms with Crippen molar-refractivity contribution in [1.82, 2.24) is 15.2 Å². The molecule has 1 fully saturated rings. The van der Waals surface area contributed by atoms with Gasteiger partial charge in [0.05, 0.1) is 17.7 Å². The number of likely N-dealkylation sites (tertiary alicyclic amines) is 1. The number of aromatic nitrogens is 1. The number of carbonyl (C=O) groups excluding carboxylic acids is 2. The van der Waals surface area contributed by atoms with Crippen LogP contribution in [0, 0.1) is 6.92 Å². The van der Waals surface area contributed by atoms with Crippen LogP contribution in [0.25, 0.3) is 0 Å². The van der Waals surface area contributed by atoms with E-state index < -0.39 is 0 Å². The molecular weight excluding hydrogens is 338 g/mol. The van der Waals surface area contributed by atoms with Crippen molar-refractivity contribution < 1.29 is 9.59 Å². The minimum Gasteiger partial charge on any atom is -0.352 e. The van der Waals surface area contributed by atoms with Crippen molar-refractivity contribution in [3.63, 3.8) is 0 Å². The van der Waals surface area contributed by atoms with Gasteiger partial charge in [0.15, 0.2) is 0 Å². The topological polar surface area (TPSA) is 62.3 Å². The van der Waals surface area contributed by atoms with Crippen LogP contribution in [-0.2, 0) is 11.2 Å². The highest BCUT2D eigenvalue weighted by Crippen LogP contribution is 2.29. The van der Waals surface area contributed by atoms with E-state index in [0.717, 1.165) is 29.8 Å². The Morgan fingerprint density at radius 1 is 1.11 bits per heavy atom. The fourth-order valence-electron chi connectivity index (χ4n) is 3.62. The molecule has 0 unspecified atom stereocenters. The van der Waals surface area contributed by atoms with E-state index in [-0.39, 0.29) is 17.7 Å². The van der Waals surface area contributed by atoms with Crippen molar-refractivity contribution in [2.24, 2.45) is 0 Å². The van der Waals surface area contributed by atoms with Crippen LogP contribution >= 0.6 is 0 Å². The largest absolute Gasteiger partial charge is 0.352 e. The molecule has 27 heavy (non-hydrogen) atoms. The van der Waals surface area contributed by atoms with Gasteiger partial charge in [0.2, 0.25) is 5.91 Å². The predicted molar refractivity (Wildman–Crippen MR) is 106 cm³/mol. The van der Waals surface area contributed by atoms with Crippen LogP contribution < -0.4 is 5.32 Å². The highest BCUT2D eigenvalue weighted by Gasteiger charge is 2.27. The van der Waals surface area contributed by atoms with Crippen LogP contribution in [0.1, 0.15) is 53.0 Å². The summed E-state index contributed by atoms with van der Waals surface area (Å²) in [4.78, 5) is 31.6. The Balaban J connectivity index is 1.66. The van der Waals surface area contributed by atoms with E-state index in [1.807, 2.05) is 61.2 Å². The van der Waals surface area contributed by atoms with E-state index in [0.29, 0.717) is 31.6 Å². The second kappa shape index (κ2) is 8.80. The molecule has 0 aliphatic carbocycles. The number of benzene rings is 1. The van der Waals surface area contributed by atoms with Gasteiger partial charge in [0.25, 0.3) is 5.91 Å². The zero-order chi connectivity index (χ0) is 19.2. The van der Waals surface area contributed by atoms with Crippen LogP contribution in [0.5, 0.6) is 0 Å². The number of pyridine rings is 1. The molecule has 1 N–H and O–H groups in total. The minimum atomic E-state index is -0.0671. The van der Waals surface area contributed by atoms with Crippen LogP contribution in [0.15, 0.2) is 42.5 Å². The number of nitrogens with one attached hydrogen (secondary N) is 1. The molecule has 1 saturated heterocycles. The van der Waals surface area contributed by atoms with Gasteiger partial charge in [0.1, 0.15) is 0 Å². The quantitative estimate of drug-likeness (QED) is 0.886. The number of piperidine rings is 1. The van der Waals surface area contributed by atoms with Gasteiger partial charge in [-0.3, -0.25) is 14.6 Å². The summed E-state index contributed by atoms with van der Waals surface area (Å²) in [5.41, 5.74) is 3.50. The standard InChI is InChI=1S/C22H27N3O2/c1-3-23-22(27)19-10-9-16(2)24-21(19)18-11-13-25(14-12-18)20(26)15-17-7-5-4-6-8-17/h4-10,18H,3,11-15H2,1-2H3,(H,23,27). The van der Waals surface area contributed by atoms with Crippen LogP contribution in [-0.4, -0.2) is 41.3 Å². The number of hydrogen-bond donors (Lipinski definition) is 1. The third-order valence-corrected chi connectivity index (χ3v) is 5.08. The molecule has 2 heterocycles. The lowest BCUT2D eigenvalue weighted by atomic mass is 9.89. The number of carbonyl (C=O) groups is 2. The maximum absolute atomic E-state index is 12.6. The number of hydrogen-bond acceptors (Lipinski definition) is 3. The Hall–Kier alpha value is -2.69. The second-order valence-electron chi connectivity index (χ2n) is 7.06. The highest BCUT2D eigenvalue weighted by molar-refractivity contribution is 5.95. The van der Waals surface area contributed by atoms with Crippen molar-refractivity contribution in [2.45, 2.75) is 39.0 Å². The van der Waals surface area contributed by atoms with Gasteiger partial charge in [-0.25, -0.2) is 0 Å². The molecule has 5 nitrogen and oxygen atoms in total. The first-order valence-corrected chi connectivity index (χ1v) is 9.66. The fourth-order valence-corrected chi connectivity index (χ4v) is 3.62. The molecule has 1 aromatic carbocycles. The summed E-state index contributed by atoms with van der Waals surface area (Å²) in [7, 11) is 0. The summed E-state index contributed by atoms with van der Waals surface area (Å²) < 4.78 is 0. The fraction of sp³-hybridized carbons (Fsp3) is 0.409. The first-order valence-electron chi connectivity index (χ1n) is 9.66. The Kier molecular flexibility index (Phi) is 6.22. The Morgan fingerprint density at radius 2 is 1.81 bits per heavy atom. The van der Waals surface area contributed by atoms with E-state index in [1.54, 1.807) is 0 Å². The molecule has 3 rings (SSSR count). The first-order chi connectivity index (χ1) is 13.1. The average molecular weight is 365 g/mol. The van der Waals surface area contributed by atoms with Crippen molar-refractivity contribution in [1.29, 1.82) is 0 Å². The van der Waals surface area contributed by atoms with Gasteiger partial charge >= 0.3 is 0 Å². The predicted octanol–water partition coefficient (Wildman–Crippen LogP) is 3.09. The summed E-state index contributed by atoms with van der Waals surface area (Å²) in [5.74, 6) is 0.312. The Morgan fingerprint density at radius 3 is 2.48 bits per heavy atom. The van der Waals surface area contributed by atoms with E-state index >= 15 is 0 Å². The average Bonchev–Trinajstić information content (AvgIpc) is 2.69. The molecule has 142 valence electrons. The minimum absolute atomic E-state index is 0.0671. The number of amides is 2. The summed E-state index contributed by atoms with van der Waals surface area (Å²) in [6.07, 6.45) is 2.12. The first kappa shape index (κ1) is 19.1. The normalized spacial score (nSPS) is 14.8. The van der Waals surface area contributed by atoms with Crippen LogP contribution in [0.2, 0.25) is 0 Å². The van der Waals surface area contributed by atoms with E-state index in [9.17, 15) is 9.59 Å². The van der Waals surface area contributed by atoms with Gasteiger partial charge in [-0.1, -0.05) is 30.3 Å². The van der Waals surface area contributed by atoms with E-state index in [2.05, 4.69) is 10.3 Å². The lowest BCUT2D eigenvalue weighted by Gasteiger charge is -2.32. The van der Waals surface area contributed by atoms with Crippen molar-refractivity contribution in [2.75, 3.05) is 19.6 Å². The molecule has 2 amide bonds. The smallest absolute Gasteiger partial charge is 0.253 e. The molecule has 5 heteroatoms. The summed E-state index contributed by atoms with van der Waals surface area (Å²) in [6.45, 7) is 5.87. The van der Waals surface area contributed by atoms with Gasteiger partial charge < -0.3 is 10.2 Å². The summed E-state index contributed by atoms with van der Waals surface area (Å²) in [5, 5.41) is 2.87. The van der Waals surface area contributed by atoms with E-state index in [4.69, 9.17) is 0 Å². The second-order valence-corrected chi connectivity index (χ2v) is 7.06. The van der Waals surface area contributed by atoms with Crippen LogP contribution in [0.4, 0.5) is 0 Å². The zero-order valence-electron chi connectivity index (χ0n) is 16.1. The molecule has 1 aromatic heterocycles. The SMILES string of the molecule is CCNC(=O)c1ccc(C)nc1C1CCN(C(=O)Cc2ccccc2)CC1. The molecule has 0 bridgehead atoms. The molecule has 0 atom stereocenters. The summed E-state index contributed by atoms with van der Waals surface area (Å²) in [6, 6.07) is 13.6. The Labute approximate surface area is 160 Å². The Bertz CT molecular complexity index is 796. The maximum Gasteiger partial charge on any atom is 0.253 e. The number of aryl methyl sites for hydroxylation is 1. The van der Waals surface area contributed by atoms with Gasteiger partial charge in [-0.15, -0.1) is 0 Å². The molecule has 0 saturated carbocycles. The van der Waals surface area contributed by atoms with Crippen molar-refractivity contribution in [3.8, 4) is 0 Å². The number of rotatable bonds is 5. The molecule has 2 aromatic rings. The highest BCUT2D eigenvalue weighted by atomic mass is 16.2. The van der Waals surface area contributed by atoms with E-state index in [1.165, 1.54) is 0 Å². The monoisotopic (exact) mass is 365 g/mol. The lowest BCUT2D eigenvalue weighted by Crippen LogP contribution is -2.39. The number of nitrogens with zero attached hydrogens (tertiary/aromatic N) is 2. The maximum atomic E-state index is 12.6. The van der Waals surface area contributed by atoms with Crippen LogP contribution in [0.3, 0.4) is 0 Å². The zero-order valence-corrected chi connectivity index (χ0v) is 16.1.